The predicted octanol–water partition coefficient (Wildman–Crippen LogP) is 1.76. The van der Waals surface area contributed by atoms with Gasteiger partial charge in [0.1, 0.15) is 0 Å². The monoisotopic (exact) mass is 296 g/mol. The summed E-state index contributed by atoms with van der Waals surface area (Å²) < 4.78 is 26.7. The molecule has 5 heteroatoms. The Hall–Kier alpha value is -0.910. The van der Waals surface area contributed by atoms with Crippen molar-refractivity contribution in [2.45, 2.75) is 25.5 Å². The van der Waals surface area contributed by atoms with Crippen LogP contribution in [0, 0.1) is 12.8 Å². The van der Waals surface area contributed by atoms with Gasteiger partial charge in [0.05, 0.1) is 5.75 Å². The maximum atomic E-state index is 12.5. The molecule has 112 valence electrons. The summed E-state index contributed by atoms with van der Waals surface area (Å²) in [6.45, 7) is 4.18. The molecule has 0 spiro atoms. The normalized spacial score (nSPS) is 21.0. The fourth-order valence-electron chi connectivity index (χ4n) is 2.84. The number of sulfonamides is 1. The van der Waals surface area contributed by atoms with Crippen LogP contribution in [-0.2, 0) is 15.8 Å². The van der Waals surface area contributed by atoms with Gasteiger partial charge in [-0.1, -0.05) is 29.8 Å². The lowest BCUT2D eigenvalue weighted by Gasteiger charge is -2.31. The highest BCUT2D eigenvalue weighted by Gasteiger charge is 2.28. The van der Waals surface area contributed by atoms with Crippen LogP contribution in [0.5, 0.6) is 0 Å². The summed E-state index contributed by atoms with van der Waals surface area (Å²) in [5, 5.41) is 3.15. The smallest absolute Gasteiger partial charge is 0.218 e. The average Bonchev–Trinajstić information content (AvgIpc) is 2.39. The Morgan fingerprint density at radius 2 is 2.20 bits per heavy atom. The highest BCUT2D eigenvalue weighted by atomic mass is 32.2. The zero-order valence-electron chi connectivity index (χ0n) is 12.3. The molecule has 1 unspecified atom stereocenters. The quantitative estimate of drug-likeness (QED) is 0.900. The van der Waals surface area contributed by atoms with Crippen molar-refractivity contribution in [2.75, 3.05) is 26.7 Å². The van der Waals surface area contributed by atoms with Crippen LogP contribution in [0.2, 0.25) is 0 Å². The van der Waals surface area contributed by atoms with Crippen LogP contribution in [-0.4, -0.2) is 39.4 Å². The van der Waals surface area contributed by atoms with Crippen molar-refractivity contribution in [1.82, 2.24) is 9.62 Å². The topological polar surface area (TPSA) is 49.4 Å². The summed E-state index contributed by atoms with van der Waals surface area (Å²) in [4.78, 5) is 0. The fourth-order valence-corrected chi connectivity index (χ4v) is 4.47. The summed E-state index contributed by atoms with van der Waals surface area (Å²) in [6.07, 6.45) is 2.07. The summed E-state index contributed by atoms with van der Waals surface area (Å²) in [6, 6.07) is 7.74. The minimum Gasteiger partial charge on any atom is -0.319 e. The van der Waals surface area contributed by atoms with Gasteiger partial charge in [0.15, 0.2) is 0 Å². The Bertz CT molecular complexity index is 541. The molecule has 1 atom stereocenters. The largest absolute Gasteiger partial charge is 0.319 e. The van der Waals surface area contributed by atoms with Crippen molar-refractivity contribution >= 4 is 10.0 Å². The van der Waals surface area contributed by atoms with E-state index in [4.69, 9.17) is 0 Å². The molecular weight excluding hydrogens is 272 g/mol. The molecule has 1 N–H and O–H groups in total. The first-order valence-corrected chi connectivity index (χ1v) is 8.80. The third-order valence-corrected chi connectivity index (χ3v) is 5.62. The molecule has 0 aliphatic carbocycles. The van der Waals surface area contributed by atoms with Gasteiger partial charge in [-0.3, -0.25) is 0 Å². The number of nitrogens with zero attached hydrogens (tertiary/aromatic N) is 1. The molecule has 20 heavy (non-hydrogen) atoms. The standard InChI is InChI=1S/C15H24N2O2S/c1-13-5-3-6-14(9-13)12-20(18,19)17-8-4-7-15(11-17)10-16-2/h3,5-6,9,15-16H,4,7-8,10-12H2,1-2H3. The molecule has 0 aromatic heterocycles. The molecule has 1 saturated heterocycles. The van der Waals surface area contributed by atoms with Crippen molar-refractivity contribution in [3.05, 3.63) is 35.4 Å². The summed E-state index contributed by atoms with van der Waals surface area (Å²) in [7, 11) is -1.28. The second kappa shape index (κ2) is 6.70. The van der Waals surface area contributed by atoms with Crippen molar-refractivity contribution in [3.63, 3.8) is 0 Å². The van der Waals surface area contributed by atoms with E-state index in [9.17, 15) is 8.42 Å². The Morgan fingerprint density at radius 1 is 1.40 bits per heavy atom. The lowest BCUT2D eigenvalue weighted by Crippen LogP contribution is -2.42. The molecule has 0 amide bonds. The molecule has 1 fully saturated rings. The Morgan fingerprint density at radius 3 is 2.90 bits per heavy atom. The van der Waals surface area contributed by atoms with Crippen molar-refractivity contribution < 1.29 is 8.42 Å². The van der Waals surface area contributed by atoms with Gasteiger partial charge in [-0.15, -0.1) is 0 Å². The summed E-state index contributed by atoms with van der Waals surface area (Å²) >= 11 is 0. The Kier molecular flexibility index (Phi) is 5.18. The number of rotatable bonds is 5. The van der Waals surface area contributed by atoms with Gasteiger partial charge >= 0.3 is 0 Å². The van der Waals surface area contributed by atoms with E-state index in [1.807, 2.05) is 38.2 Å². The van der Waals surface area contributed by atoms with Crippen molar-refractivity contribution in [2.24, 2.45) is 5.92 Å². The fraction of sp³-hybridized carbons (Fsp3) is 0.600. The van der Waals surface area contributed by atoms with E-state index in [2.05, 4.69) is 5.32 Å². The molecule has 1 aliphatic heterocycles. The highest BCUT2D eigenvalue weighted by Crippen LogP contribution is 2.21. The molecule has 1 heterocycles. The van der Waals surface area contributed by atoms with Crippen LogP contribution >= 0.6 is 0 Å². The van der Waals surface area contributed by atoms with Gasteiger partial charge in [0, 0.05) is 13.1 Å². The lowest BCUT2D eigenvalue weighted by atomic mass is 10.00. The summed E-state index contributed by atoms with van der Waals surface area (Å²) in [5.41, 5.74) is 1.98. The molecule has 0 bridgehead atoms. The average molecular weight is 296 g/mol. The van der Waals surface area contributed by atoms with E-state index in [0.29, 0.717) is 19.0 Å². The molecule has 2 rings (SSSR count). The zero-order chi connectivity index (χ0) is 14.6. The van der Waals surface area contributed by atoms with Crippen LogP contribution in [0.15, 0.2) is 24.3 Å². The number of hydrogen-bond donors (Lipinski definition) is 1. The van der Waals surface area contributed by atoms with Crippen LogP contribution < -0.4 is 5.32 Å². The van der Waals surface area contributed by atoms with E-state index >= 15 is 0 Å². The van der Waals surface area contributed by atoms with Gasteiger partial charge in [0.2, 0.25) is 10.0 Å². The van der Waals surface area contributed by atoms with E-state index in [-0.39, 0.29) is 5.75 Å². The van der Waals surface area contributed by atoms with E-state index < -0.39 is 10.0 Å². The predicted molar refractivity (Wildman–Crippen MR) is 82.0 cm³/mol. The maximum absolute atomic E-state index is 12.5. The van der Waals surface area contributed by atoms with Gasteiger partial charge in [-0.05, 0) is 44.8 Å². The van der Waals surface area contributed by atoms with Crippen LogP contribution in [0.25, 0.3) is 0 Å². The maximum Gasteiger partial charge on any atom is 0.218 e. The zero-order valence-corrected chi connectivity index (χ0v) is 13.1. The molecule has 1 aromatic carbocycles. The third kappa shape index (κ3) is 4.04. The number of benzene rings is 1. The SMILES string of the molecule is CNCC1CCCN(S(=O)(=O)Cc2cccc(C)c2)C1. The van der Waals surface area contributed by atoms with E-state index in [0.717, 1.165) is 30.5 Å². The number of hydrogen-bond acceptors (Lipinski definition) is 3. The highest BCUT2D eigenvalue weighted by molar-refractivity contribution is 7.88. The molecule has 1 aliphatic rings. The second-order valence-electron chi connectivity index (χ2n) is 5.67. The second-order valence-corrected chi connectivity index (χ2v) is 7.64. The van der Waals surface area contributed by atoms with Gasteiger partial charge in [-0.25, -0.2) is 12.7 Å². The molecule has 0 saturated carbocycles. The van der Waals surface area contributed by atoms with E-state index in [1.54, 1.807) is 4.31 Å². The lowest BCUT2D eigenvalue weighted by molar-refractivity contribution is 0.263. The van der Waals surface area contributed by atoms with Gasteiger partial charge < -0.3 is 5.32 Å². The molecule has 4 nitrogen and oxygen atoms in total. The Labute approximate surface area is 122 Å². The first-order valence-electron chi connectivity index (χ1n) is 7.19. The number of nitrogens with one attached hydrogen (secondary N) is 1. The third-order valence-electron chi connectivity index (χ3n) is 3.80. The summed E-state index contributed by atoms with van der Waals surface area (Å²) in [5.74, 6) is 0.544. The minimum atomic E-state index is -3.20. The minimum absolute atomic E-state index is 0.112. The first-order chi connectivity index (χ1) is 9.51. The van der Waals surface area contributed by atoms with Gasteiger partial charge in [0.25, 0.3) is 0 Å². The van der Waals surface area contributed by atoms with Crippen molar-refractivity contribution in [1.29, 1.82) is 0 Å². The van der Waals surface area contributed by atoms with Crippen LogP contribution in [0.1, 0.15) is 24.0 Å². The van der Waals surface area contributed by atoms with Crippen LogP contribution in [0.4, 0.5) is 0 Å². The number of aryl methyl sites for hydroxylation is 1. The number of piperidine rings is 1. The molecular formula is C15H24N2O2S. The van der Waals surface area contributed by atoms with E-state index in [1.165, 1.54) is 0 Å². The van der Waals surface area contributed by atoms with Crippen LogP contribution in [0.3, 0.4) is 0 Å². The van der Waals surface area contributed by atoms with Gasteiger partial charge in [-0.2, -0.15) is 0 Å². The van der Waals surface area contributed by atoms with Crippen molar-refractivity contribution in [3.8, 4) is 0 Å². The molecule has 1 aromatic rings. The first kappa shape index (κ1) is 15.5. The Balaban J connectivity index is 2.06. The molecule has 0 radical (unpaired) electrons.